The number of ether oxygens (including phenoxy) is 1. The number of hydrogen-bond donors (Lipinski definition) is 1. The molecule has 0 aromatic heterocycles. The van der Waals surface area contributed by atoms with Gasteiger partial charge in [-0.05, 0) is 37.7 Å². The van der Waals surface area contributed by atoms with E-state index in [2.05, 4.69) is 0 Å². The molecule has 104 valence electrons. The Hall–Kier alpha value is -1.09. The van der Waals surface area contributed by atoms with Gasteiger partial charge in [-0.3, -0.25) is 0 Å². The third-order valence-corrected chi connectivity index (χ3v) is 4.65. The summed E-state index contributed by atoms with van der Waals surface area (Å²) in [5.74, 6) is 0.851. The van der Waals surface area contributed by atoms with Gasteiger partial charge in [-0.25, -0.2) is 4.39 Å². The minimum atomic E-state index is -0.238. The topological polar surface area (TPSA) is 35.2 Å². The Kier molecular flexibility index (Phi) is 3.48. The molecule has 2 aliphatic rings. The van der Waals surface area contributed by atoms with E-state index >= 15 is 0 Å². The maximum Gasteiger partial charge on any atom is 0.165 e. The smallest absolute Gasteiger partial charge is 0.165 e. The third kappa shape index (κ3) is 2.48. The molecule has 1 aromatic rings. The monoisotopic (exact) mass is 263 g/mol. The van der Waals surface area contributed by atoms with Crippen LogP contribution in [0, 0.1) is 11.7 Å². The minimum absolute atomic E-state index is 0.0685. The zero-order chi connectivity index (χ0) is 13.3. The van der Waals surface area contributed by atoms with E-state index in [1.54, 1.807) is 6.07 Å². The van der Waals surface area contributed by atoms with Crippen LogP contribution in [0.15, 0.2) is 18.2 Å². The Bertz CT molecular complexity index is 450. The van der Waals surface area contributed by atoms with Gasteiger partial charge in [-0.2, -0.15) is 0 Å². The molecule has 0 spiro atoms. The Morgan fingerprint density at radius 3 is 2.63 bits per heavy atom. The molecular weight excluding hydrogens is 241 g/mol. The van der Waals surface area contributed by atoms with Crippen molar-refractivity contribution in [3.05, 3.63) is 29.6 Å². The van der Waals surface area contributed by atoms with Crippen molar-refractivity contribution in [1.29, 1.82) is 0 Å². The lowest BCUT2D eigenvalue weighted by Crippen LogP contribution is -2.32. The Morgan fingerprint density at radius 1 is 1.26 bits per heavy atom. The van der Waals surface area contributed by atoms with Crippen molar-refractivity contribution in [2.24, 2.45) is 11.7 Å². The molecule has 0 amide bonds. The normalized spacial score (nSPS) is 21.6. The SMILES string of the molecule is NCC1(c2cccc(F)c2OCC2CC2)CCCC1. The third-order valence-electron chi connectivity index (χ3n) is 4.65. The van der Waals surface area contributed by atoms with Crippen molar-refractivity contribution in [1.82, 2.24) is 0 Å². The molecule has 2 saturated carbocycles. The van der Waals surface area contributed by atoms with Crippen LogP contribution in [-0.2, 0) is 5.41 Å². The lowest BCUT2D eigenvalue weighted by Gasteiger charge is -2.30. The van der Waals surface area contributed by atoms with Crippen molar-refractivity contribution >= 4 is 0 Å². The molecule has 0 atom stereocenters. The molecule has 1 aromatic carbocycles. The summed E-state index contributed by atoms with van der Waals surface area (Å²) in [7, 11) is 0. The molecule has 0 bridgehead atoms. The van der Waals surface area contributed by atoms with Crippen molar-refractivity contribution in [2.75, 3.05) is 13.2 Å². The summed E-state index contributed by atoms with van der Waals surface area (Å²) in [5.41, 5.74) is 6.94. The van der Waals surface area contributed by atoms with Crippen molar-refractivity contribution < 1.29 is 9.13 Å². The number of nitrogens with two attached hydrogens (primary N) is 1. The Labute approximate surface area is 114 Å². The highest BCUT2D eigenvalue weighted by atomic mass is 19.1. The molecule has 2 nitrogen and oxygen atoms in total. The van der Waals surface area contributed by atoms with Crippen LogP contribution in [0.4, 0.5) is 4.39 Å². The average Bonchev–Trinajstić information content (AvgIpc) is 3.13. The standard InChI is InChI=1S/C16H22FNO/c17-14-5-3-4-13(15(14)19-10-12-6-7-12)16(11-18)8-1-2-9-16/h3-5,12H,1-2,6-11,18H2. The van der Waals surface area contributed by atoms with Gasteiger partial charge in [0, 0.05) is 17.5 Å². The number of rotatable bonds is 5. The summed E-state index contributed by atoms with van der Waals surface area (Å²) < 4.78 is 19.9. The van der Waals surface area contributed by atoms with Gasteiger partial charge in [-0.1, -0.05) is 25.0 Å². The summed E-state index contributed by atoms with van der Waals surface area (Å²) >= 11 is 0. The first-order valence-electron chi connectivity index (χ1n) is 7.37. The van der Waals surface area contributed by atoms with Crippen LogP contribution < -0.4 is 10.5 Å². The van der Waals surface area contributed by atoms with E-state index in [1.165, 1.54) is 31.7 Å². The minimum Gasteiger partial charge on any atom is -0.490 e. The molecule has 0 heterocycles. The molecule has 19 heavy (non-hydrogen) atoms. The highest BCUT2D eigenvalue weighted by molar-refractivity contribution is 5.42. The highest BCUT2D eigenvalue weighted by Crippen LogP contribution is 2.45. The lowest BCUT2D eigenvalue weighted by molar-refractivity contribution is 0.273. The molecule has 0 unspecified atom stereocenters. The summed E-state index contributed by atoms with van der Waals surface area (Å²) in [6, 6.07) is 5.28. The Morgan fingerprint density at radius 2 is 2.00 bits per heavy atom. The van der Waals surface area contributed by atoms with Gasteiger partial charge in [0.05, 0.1) is 6.61 Å². The van der Waals surface area contributed by atoms with Crippen LogP contribution in [0.2, 0.25) is 0 Å². The lowest BCUT2D eigenvalue weighted by atomic mass is 9.78. The van der Waals surface area contributed by atoms with Gasteiger partial charge in [0.15, 0.2) is 11.6 Å². The molecule has 0 radical (unpaired) electrons. The van der Waals surface area contributed by atoms with Crippen molar-refractivity contribution in [2.45, 2.75) is 43.9 Å². The first kappa shape index (κ1) is 12.9. The van der Waals surface area contributed by atoms with Crippen molar-refractivity contribution in [3.63, 3.8) is 0 Å². The van der Waals surface area contributed by atoms with Crippen molar-refractivity contribution in [3.8, 4) is 5.75 Å². The van der Waals surface area contributed by atoms with Crippen LogP contribution in [0.3, 0.4) is 0 Å². The van der Waals surface area contributed by atoms with Crippen LogP contribution >= 0.6 is 0 Å². The molecule has 2 aliphatic carbocycles. The zero-order valence-electron chi connectivity index (χ0n) is 11.3. The van der Waals surface area contributed by atoms with Gasteiger partial charge >= 0.3 is 0 Å². The first-order chi connectivity index (χ1) is 9.25. The molecule has 0 saturated heterocycles. The fraction of sp³-hybridized carbons (Fsp3) is 0.625. The van der Waals surface area contributed by atoms with Gasteiger partial charge in [0.2, 0.25) is 0 Å². The van der Waals surface area contributed by atoms with Crippen LogP contribution in [-0.4, -0.2) is 13.2 Å². The Balaban J connectivity index is 1.91. The summed E-state index contributed by atoms with van der Waals surface area (Å²) in [4.78, 5) is 0. The zero-order valence-corrected chi connectivity index (χ0v) is 11.3. The summed E-state index contributed by atoms with van der Waals surface area (Å²) in [6.07, 6.45) is 6.88. The second-order valence-corrected chi connectivity index (χ2v) is 6.06. The van der Waals surface area contributed by atoms with Gasteiger partial charge in [0.25, 0.3) is 0 Å². The second kappa shape index (κ2) is 5.12. The van der Waals surface area contributed by atoms with E-state index in [0.717, 1.165) is 18.4 Å². The molecule has 3 heteroatoms. The fourth-order valence-corrected chi connectivity index (χ4v) is 3.19. The molecule has 2 fully saturated rings. The molecule has 0 aliphatic heterocycles. The number of halogens is 1. The van der Waals surface area contributed by atoms with Crippen LogP contribution in [0.5, 0.6) is 5.75 Å². The van der Waals surface area contributed by atoms with E-state index in [1.807, 2.05) is 6.07 Å². The average molecular weight is 263 g/mol. The van der Waals surface area contributed by atoms with E-state index in [9.17, 15) is 4.39 Å². The summed E-state index contributed by atoms with van der Waals surface area (Å²) in [5, 5.41) is 0. The fourth-order valence-electron chi connectivity index (χ4n) is 3.19. The van der Waals surface area contributed by atoms with E-state index in [-0.39, 0.29) is 11.2 Å². The largest absolute Gasteiger partial charge is 0.490 e. The molecular formula is C16H22FNO. The quantitative estimate of drug-likeness (QED) is 0.883. The van der Waals surface area contributed by atoms with Crippen LogP contribution in [0.25, 0.3) is 0 Å². The molecule has 2 N–H and O–H groups in total. The molecule has 3 rings (SSSR count). The van der Waals surface area contributed by atoms with Gasteiger partial charge in [-0.15, -0.1) is 0 Å². The number of hydrogen-bond acceptors (Lipinski definition) is 2. The number of para-hydroxylation sites is 1. The summed E-state index contributed by atoms with van der Waals surface area (Å²) in [6.45, 7) is 1.23. The van der Waals surface area contributed by atoms with E-state index < -0.39 is 0 Å². The van der Waals surface area contributed by atoms with Crippen LogP contribution in [0.1, 0.15) is 44.1 Å². The highest BCUT2D eigenvalue weighted by Gasteiger charge is 2.37. The first-order valence-corrected chi connectivity index (χ1v) is 7.37. The predicted octanol–water partition coefficient (Wildman–Crippen LogP) is 3.39. The van der Waals surface area contributed by atoms with Gasteiger partial charge < -0.3 is 10.5 Å². The van der Waals surface area contributed by atoms with E-state index in [0.29, 0.717) is 24.8 Å². The van der Waals surface area contributed by atoms with E-state index in [4.69, 9.17) is 10.5 Å². The maximum absolute atomic E-state index is 14.1. The second-order valence-electron chi connectivity index (χ2n) is 6.06. The predicted molar refractivity (Wildman–Crippen MR) is 73.8 cm³/mol. The number of benzene rings is 1. The van der Waals surface area contributed by atoms with Gasteiger partial charge in [0.1, 0.15) is 0 Å². The maximum atomic E-state index is 14.1.